The first kappa shape index (κ1) is 9.65. The predicted octanol–water partition coefficient (Wildman–Crippen LogP) is -0.0848. The van der Waals surface area contributed by atoms with Crippen molar-refractivity contribution in [3.05, 3.63) is 0 Å². The standard InChI is InChI=1S/C10H16N2O2/c11-8(6-7-2-3-7)9(13)10(14)12-4-1-5-12/h7-8H,1-6,11H2/t8-/m0/s1. The van der Waals surface area contributed by atoms with Crippen molar-refractivity contribution in [2.24, 2.45) is 11.7 Å². The van der Waals surface area contributed by atoms with E-state index >= 15 is 0 Å². The quantitative estimate of drug-likeness (QED) is 0.639. The minimum absolute atomic E-state index is 0.371. The molecule has 1 atom stereocenters. The third kappa shape index (κ3) is 1.95. The van der Waals surface area contributed by atoms with Gasteiger partial charge in [-0.15, -0.1) is 0 Å². The summed E-state index contributed by atoms with van der Waals surface area (Å²) in [6.07, 6.45) is 4.03. The highest BCUT2D eigenvalue weighted by molar-refractivity contribution is 6.38. The first-order valence-corrected chi connectivity index (χ1v) is 5.27. The number of amides is 1. The molecule has 1 aliphatic heterocycles. The summed E-state index contributed by atoms with van der Waals surface area (Å²) in [5, 5.41) is 0. The Morgan fingerprint density at radius 2 is 2.00 bits per heavy atom. The topological polar surface area (TPSA) is 63.4 Å². The van der Waals surface area contributed by atoms with Gasteiger partial charge in [0.05, 0.1) is 6.04 Å². The molecule has 0 aromatic heterocycles. The van der Waals surface area contributed by atoms with Crippen LogP contribution in [0, 0.1) is 5.92 Å². The van der Waals surface area contributed by atoms with Crippen LogP contribution in [0.15, 0.2) is 0 Å². The molecule has 2 rings (SSSR count). The van der Waals surface area contributed by atoms with Gasteiger partial charge in [0.1, 0.15) is 0 Å². The van der Waals surface area contributed by atoms with Gasteiger partial charge in [-0.3, -0.25) is 9.59 Å². The highest BCUT2D eigenvalue weighted by Crippen LogP contribution is 2.33. The number of hydrogen-bond acceptors (Lipinski definition) is 3. The van der Waals surface area contributed by atoms with E-state index in [9.17, 15) is 9.59 Å². The summed E-state index contributed by atoms with van der Waals surface area (Å²) >= 11 is 0. The average molecular weight is 196 g/mol. The van der Waals surface area contributed by atoms with Gasteiger partial charge in [0.2, 0.25) is 5.78 Å². The second kappa shape index (κ2) is 3.69. The Bertz CT molecular complexity index is 257. The van der Waals surface area contributed by atoms with Crippen molar-refractivity contribution in [2.75, 3.05) is 13.1 Å². The molecular weight excluding hydrogens is 180 g/mol. The van der Waals surface area contributed by atoms with Crippen LogP contribution in [-0.2, 0) is 9.59 Å². The Balaban J connectivity index is 1.82. The molecule has 0 radical (unpaired) electrons. The maximum atomic E-state index is 11.5. The number of carbonyl (C=O) groups is 2. The predicted molar refractivity (Wildman–Crippen MR) is 51.5 cm³/mol. The number of ketones is 1. The lowest BCUT2D eigenvalue weighted by molar-refractivity contribution is -0.147. The summed E-state index contributed by atoms with van der Waals surface area (Å²) < 4.78 is 0. The maximum absolute atomic E-state index is 11.5. The van der Waals surface area contributed by atoms with Crippen molar-refractivity contribution in [1.29, 1.82) is 0 Å². The lowest BCUT2D eigenvalue weighted by Crippen LogP contribution is -2.50. The van der Waals surface area contributed by atoms with Gasteiger partial charge >= 0.3 is 0 Å². The molecule has 1 saturated carbocycles. The van der Waals surface area contributed by atoms with Crippen LogP contribution in [0.3, 0.4) is 0 Å². The van der Waals surface area contributed by atoms with Crippen LogP contribution < -0.4 is 5.73 Å². The number of rotatable bonds is 4. The average Bonchev–Trinajstić information content (AvgIpc) is 2.83. The van der Waals surface area contributed by atoms with Crippen molar-refractivity contribution >= 4 is 11.7 Å². The molecule has 0 spiro atoms. The van der Waals surface area contributed by atoms with Crippen molar-refractivity contribution in [3.8, 4) is 0 Å². The van der Waals surface area contributed by atoms with Gasteiger partial charge in [0.15, 0.2) is 0 Å². The minimum atomic E-state index is -0.560. The van der Waals surface area contributed by atoms with E-state index in [0.29, 0.717) is 12.3 Å². The van der Waals surface area contributed by atoms with E-state index in [0.717, 1.165) is 19.5 Å². The van der Waals surface area contributed by atoms with Crippen LogP contribution in [0.4, 0.5) is 0 Å². The van der Waals surface area contributed by atoms with Crippen LogP contribution >= 0.6 is 0 Å². The van der Waals surface area contributed by atoms with E-state index in [1.165, 1.54) is 12.8 Å². The monoisotopic (exact) mass is 196 g/mol. The summed E-state index contributed by atoms with van der Waals surface area (Å²) in [4.78, 5) is 24.6. The maximum Gasteiger partial charge on any atom is 0.291 e. The molecule has 0 bridgehead atoms. The van der Waals surface area contributed by atoms with Gasteiger partial charge in [0, 0.05) is 13.1 Å². The first-order chi connectivity index (χ1) is 6.68. The Morgan fingerprint density at radius 1 is 1.36 bits per heavy atom. The lowest BCUT2D eigenvalue weighted by Gasteiger charge is -2.30. The molecule has 0 aromatic rings. The Kier molecular flexibility index (Phi) is 2.54. The highest BCUT2D eigenvalue weighted by atomic mass is 16.2. The first-order valence-electron chi connectivity index (χ1n) is 5.27. The van der Waals surface area contributed by atoms with Crippen LogP contribution in [0.25, 0.3) is 0 Å². The van der Waals surface area contributed by atoms with E-state index in [4.69, 9.17) is 5.73 Å². The van der Waals surface area contributed by atoms with Gasteiger partial charge in [-0.25, -0.2) is 0 Å². The molecule has 1 saturated heterocycles. The fourth-order valence-electron chi connectivity index (χ4n) is 1.65. The van der Waals surface area contributed by atoms with Gasteiger partial charge in [-0.2, -0.15) is 0 Å². The lowest BCUT2D eigenvalue weighted by atomic mass is 10.0. The van der Waals surface area contributed by atoms with Crippen LogP contribution in [0.1, 0.15) is 25.7 Å². The van der Waals surface area contributed by atoms with E-state index in [-0.39, 0.29) is 5.91 Å². The Hall–Kier alpha value is -0.900. The molecule has 4 nitrogen and oxygen atoms in total. The molecule has 1 heterocycles. The normalized spacial score (nSPS) is 22.8. The van der Waals surface area contributed by atoms with Gasteiger partial charge in [0.25, 0.3) is 5.91 Å². The zero-order chi connectivity index (χ0) is 10.1. The largest absolute Gasteiger partial charge is 0.336 e. The molecule has 2 N–H and O–H groups in total. The molecule has 0 unspecified atom stereocenters. The fraction of sp³-hybridized carbons (Fsp3) is 0.800. The number of likely N-dealkylation sites (tertiary alicyclic amines) is 1. The third-order valence-electron chi connectivity index (χ3n) is 2.98. The highest BCUT2D eigenvalue weighted by Gasteiger charge is 2.33. The zero-order valence-electron chi connectivity index (χ0n) is 8.24. The number of hydrogen-bond donors (Lipinski definition) is 1. The van der Waals surface area contributed by atoms with Crippen LogP contribution in [-0.4, -0.2) is 35.7 Å². The second-order valence-electron chi connectivity index (χ2n) is 4.30. The third-order valence-corrected chi connectivity index (χ3v) is 2.98. The van der Waals surface area contributed by atoms with Gasteiger partial charge in [-0.1, -0.05) is 12.8 Å². The number of nitrogens with zero attached hydrogens (tertiary/aromatic N) is 1. The molecule has 78 valence electrons. The Labute approximate surface area is 83.4 Å². The van der Waals surface area contributed by atoms with Crippen molar-refractivity contribution in [1.82, 2.24) is 4.90 Å². The molecule has 0 aromatic carbocycles. The summed E-state index contributed by atoms with van der Waals surface area (Å²) in [6, 6.07) is -0.560. The molecule has 2 aliphatic rings. The fourth-order valence-corrected chi connectivity index (χ4v) is 1.65. The van der Waals surface area contributed by atoms with Crippen LogP contribution in [0.2, 0.25) is 0 Å². The van der Waals surface area contributed by atoms with Crippen molar-refractivity contribution < 1.29 is 9.59 Å². The number of Topliss-reactive ketones (excluding diaryl/α,β-unsaturated/α-hetero) is 1. The molecule has 1 amide bonds. The van der Waals surface area contributed by atoms with E-state index in [1.54, 1.807) is 4.90 Å². The van der Waals surface area contributed by atoms with Gasteiger partial charge < -0.3 is 10.6 Å². The van der Waals surface area contributed by atoms with Gasteiger partial charge in [-0.05, 0) is 18.8 Å². The smallest absolute Gasteiger partial charge is 0.291 e. The van der Waals surface area contributed by atoms with Crippen molar-refractivity contribution in [3.63, 3.8) is 0 Å². The molecule has 2 fully saturated rings. The SMILES string of the molecule is N[C@@H](CC1CC1)C(=O)C(=O)N1CCC1. The number of carbonyl (C=O) groups excluding carboxylic acids is 2. The zero-order valence-corrected chi connectivity index (χ0v) is 8.24. The summed E-state index contributed by atoms with van der Waals surface area (Å²) in [5.41, 5.74) is 5.68. The molecule has 4 heteroatoms. The molecule has 1 aliphatic carbocycles. The Morgan fingerprint density at radius 3 is 2.43 bits per heavy atom. The second-order valence-corrected chi connectivity index (χ2v) is 4.30. The van der Waals surface area contributed by atoms with Crippen molar-refractivity contribution in [2.45, 2.75) is 31.7 Å². The summed E-state index contributed by atoms with van der Waals surface area (Å²) in [6.45, 7) is 1.45. The van der Waals surface area contributed by atoms with E-state index < -0.39 is 11.8 Å². The molecule has 14 heavy (non-hydrogen) atoms. The summed E-state index contributed by atoms with van der Waals surface area (Å²) in [7, 11) is 0. The number of nitrogens with two attached hydrogens (primary N) is 1. The summed E-state index contributed by atoms with van der Waals surface area (Å²) in [5.74, 6) is -0.167. The van der Waals surface area contributed by atoms with E-state index in [1.807, 2.05) is 0 Å². The minimum Gasteiger partial charge on any atom is -0.336 e. The van der Waals surface area contributed by atoms with E-state index in [2.05, 4.69) is 0 Å². The van der Waals surface area contributed by atoms with Crippen LogP contribution in [0.5, 0.6) is 0 Å². The molecular formula is C10H16N2O2.